The first-order valence-corrected chi connectivity index (χ1v) is 10.8. The van der Waals surface area contributed by atoms with Crippen molar-refractivity contribution in [2.45, 2.75) is 99.7 Å². The summed E-state index contributed by atoms with van der Waals surface area (Å²) in [5, 5.41) is 0. The van der Waals surface area contributed by atoms with E-state index in [1.165, 1.54) is 12.8 Å². The van der Waals surface area contributed by atoms with Crippen LogP contribution >= 0.6 is 0 Å². The van der Waals surface area contributed by atoms with Gasteiger partial charge in [0, 0.05) is 14.2 Å². The van der Waals surface area contributed by atoms with Crippen LogP contribution in [0, 0.1) is 35.5 Å². The van der Waals surface area contributed by atoms with E-state index in [0.29, 0.717) is 61.2 Å². The van der Waals surface area contributed by atoms with E-state index in [2.05, 4.69) is 54.5 Å². The molecule has 152 valence electrons. The number of ketones is 1. The van der Waals surface area contributed by atoms with Gasteiger partial charge in [0.05, 0.1) is 12.2 Å². The number of carbonyl (C=O) groups excluding carboxylic acids is 1. The second-order valence-corrected chi connectivity index (χ2v) is 9.27. The van der Waals surface area contributed by atoms with Crippen molar-refractivity contribution < 1.29 is 10.9 Å². The van der Waals surface area contributed by atoms with Gasteiger partial charge in [0.1, 0.15) is 5.78 Å². The highest BCUT2D eigenvalue weighted by molar-refractivity contribution is 5.78. The summed E-state index contributed by atoms with van der Waals surface area (Å²) in [7, 11) is 0. The smallest absolute Gasteiger partial charge is 0.133 e. The molecule has 1 heterocycles. The Morgan fingerprint density at radius 3 is 2.50 bits per heavy atom. The molecule has 26 heavy (non-hydrogen) atoms. The number of ether oxygens (including phenoxy) is 1. The maximum atomic E-state index is 12.6. The molecule has 1 aliphatic heterocycles. The molecule has 1 aliphatic rings. The number of Topliss-reactive ketones (excluding diaryl/α,β-unsaturated/α-hetero) is 1. The zero-order chi connectivity index (χ0) is 20.6. The maximum Gasteiger partial charge on any atom is 0.133 e. The SMILES string of the molecule is [3H]C/C=C/[C@@H](C)C(C)CC(=O)CC(C)[C@@H]1O[C@H]([C@@H](C)C[C@@H](C)CC)C[C@@H]1C. The lowest BCUT2D eigenvalue weighted by Crippen LogP contribution is -2.27. The number of hydrogen-bond acceptors (Lipinski definition) is 2. The lowest BCUT2D eigenvalue weighted by atomic mass is 9.84. The van der Waals surface area contributed by atoms with E-state index in [0.717, 1.165) is 12.3 Å². The minimum absolute atomic E-state index is 0.217. The van der Waals surface area contributed by atoms with E-state index in [4.69, 9.17) is 6.11 Å². The van der Waals surface area contributed by atoms with Crippen LogP contribution in [0.4, 0.5) is 0 Å². The molecule has 2 nitrogen and oxygen atoms in total. The molecule has 0 aromatic carbocycles. The van der Waals surface area contributed by atoms with E-state index in [-0.39, 0.29) is 6.10 Å². The average molecular weight is 367 g/mol. The summed E-state index contributed by atoms with van der Waals surface area (Å²) in [6, 6.07) is 0. The lowest BCUT2D eigenvalue weighted by molar-refractivity contribution is -0.122. The lowest BCUT2D eigenvalue weighted by Gasteiger charge is -2.26. The molecule has 0 aromatic rings. The highest BCUT2D eigenvalue weighted by Crippen LogP contribution is 2.37. The fraction of sp³-hybridized carbons (Fsp3) is 0.875. The zero-order valence-electron chi connectivity index (χ0n) is 19.3. The van der Waals surface area contributed by atoms with E-state index in [1.807, 2.05) is 6.08 Å². The Hall–Kier alpha value is -0.630. The van der Waals surface area contributed by atoms with Crippen molar-refractivity contribution in [2.24, 2.45) is 35.5 Å². The van der Waals surface area contributed by atoms with Gasteiger partial charge in [-0.15, -0.1) is 0 Å². The first-order chi connectivity index (χ1) is 12.7. The van der Waals surface area contributed by atoms with E-state index in [9.17, 15) is 4.79 Å². The summed E-state index contributed by atoms with van der Waals surface area (Å²) in [5.74, 6) is 3.21. The third-order valence-corrected chi connectivity index (χ3v) is 6.60. The monoisotopic (exact) mass is 366 g/mol. The van der Waals surface area contributed by atoms with Gasteiger partial charge >= 0.3 is 0 Å². The summed E-state index contributed by atoms with van der Waals surface area (Å²) in [6.45, 7) is 16.0. The van der Waals surface area contributed by atoms with Gasteiger partial charge in [-0.1, -0.05) is 67.0 Å². The van der Waals surface area contributed by atoms with Crippen molar-refractivity contribution in [3.63, 3.8) is 0 Å². The fourth-order valence-corrected chi connectivity index (χ4v) is 4.41. The van der Waals surface area contributed by atoms with Crippen LogP contribution in [-0.2, 0) is 9.53 Å². The van der Waals surface area contributed by atoms with E-state index < -0.39 is 0 Å². The standard InChI is InChI=1S/C24H44O2/c1-9-11-17(4)18(5)13-22(25)14-20(7)24-21(8)15-23(26-24)19(6)12-16(3)10-2/h9,11,16-21,23-24H,10,12-15H2,1-8H3/b11-9+/t16-,17+,18?,19-,20?,21-,23-,24-/m0/s1/i1T. The maximum absolute atomic E-state index is 12.6. The first kappa shape index (κ1) is 21.7. The summed E-state index contributed by atoms with van der Waals surface area (Å²) < 4.78 is 13.7. The third-order valence-electron chi connectivity index (χ3n) is 6.60. The number of hydrogen-bond donors (Lipinski definition) is 0. The van der Waals surface area contributed by atoms with E-state index >= 15 is 0 Å². The summed E-state index contributed by atoms with van der Waals surface area (Å²) >= 11 is 0. The van der Waals surface area contributed by atoms with Gasteiger partial charge < -0.3 is 4.74 Å². The molecule has 0 saturated carbocycles. The summed E-state index contributed by atoms with van der Waals surface area (Å²) in [5.41, 5.74) is 0. The molecule has 0 aromatic heterocycles. The highest BCUT2D eigenvalue weighted by Gasteiger charge is 2.38. The van der Waals surface area contributed by atoms with Crippen LogP contribution in [0.1, 0.15) is 88.8 Å². The number of rotatable bonds is 11. The van der Waals surface area contributed by atoms with Gasteiger partial charge in [-0.3, -0.25) is 4.79 Å². The van der Waals surface area contributed by atoms with Crippen molar-refractivity contribution in [1.82, 2.24) is 0 Å². The molecular weight excluding hydrogens is 320 g/mol. The molecule has 8 atom stereocenters. The van der Waals surface area contributed by atoms with E-state index in [1.54, 1.807) is 0 Å². The largest absolute Gasteiger partial charge is 0.374 e. The van der Waals surface area contributed by atoms with Crippen molar-refractivity contribution in [3.05, 3.63) is 12.2 Å². The molecule has 0 amide bonds. The molecule has 0 N–H and O–H groups in total. The molecular formula is C24H44O2. The summed E-state index contributed by atoms with van der Waals surface area (Å²) in [6.07, 6.45) is 9.36. The van der Waals surface area contributed by atoms with Gasteiger partial charge in [0.2, 0.25) is 0 Å². The van der Waals surface area contributed by atoms with Crippen LogP contribution in [0.5, 0.6) is 0 Å². The quantitative estimate of drug-likeness (QED) is 0.381. The Morgan fingerprint density at radius 2 is 1.88 bits per heavy atom. The first-order valence-electron chi connectivity index (χ1n) is 11.5. The van der Waals surface area contributed by atoms with Crippen molar-refractivity contribution in [3.8, 4) is 0 Å². The Balaban J connectivity index is 2.50. The molecule has 1 fully saturated rings. The minimum atomic E-state index is 0.217. The van der Waals surface area contributed by atoms with Crippen molar-refractivity contribution in [1.29, 1.82) is 0 Å². The van der Waals surface area contributed by atoms with Crippen molar-refractivity contribution >= 4 is 5.78 Å². The van der Waals surface area contributed by atoms with Gasteiger partial charge in [-0.2, -0.15) is 0 Å². The van der Waals surface area contributed by atoms with Gasteiger partial charge in [-0.05, 0) is 55.2 Å². The molecule has 0 bridgehead atoms. The minimum Gasteiger partial charge on any atom is -0.374 e. The summed E-state index contributed by atoms with van der Waals surface area (Å²) in [4.78, 5) is 12.6. The molecule has 0 radical (unpaired) electrons. The number of allylic oxidation sites excluding steroid dienone is 2. The molecule has 0 aliphatic carbocycles. The predicted molar refractivity (Wildman–Crippen MR) is 112 cm³/mol. The van der Waals surface area contributed by atoms with Gasteiger partial charge in [0.15, 0.2) is 0 Å². The van der Waals surface area contributed by atoms with Crippen LogP contribution in [-0.4, -0.2) is 18.0 Å². The second kappa shape index (κ2) is 11.3. The molecule has 2 unspecified atom stereocenters. The Labute approximate surface area is 164 Å². The molecule has 1 rings (SSSR count). The second-order valence-electron chi connectivity index (χ2n) is 9.27. The third kappa shape index (κ3) is 7.18. The molecule has 2 heteroatoms. The van der Waals surface area contributed by atoms with Gasteiger partial charge in [-0.25, -0.2) is 0 Å². The van der Waals surface area contributed by atoms with Crippen LogP contribution in [0.25, 0.3) is 0 Å². The number of carbonyl (C=O) groups is 1. The van der Waals surface area contributed by atoms with Crippen molar-refractivity contribution in [2.75, 3.05) is 0 Å². The zero-order valence-corrected chi connectivity index (χ0v) is 18.3. The fourth-order valence-electron chi connectivity index (χ4n) is 4.41. The van der Waals surface area contributed by atoms with Crippen LogP contribution in [0.3, 0.4) is 0 Å². The Bertz CT molecular complexity index is 461. The topological polar surface area (TPSA) is 26.3 Å². The predicted octanol–water partition coefficient (Wildman–Crippen LogP) is 6.69. The van der Waals surface area contributed by atoms with Gasteiger partial charge in [0.25, 0.3) is 0 Å². The normalized spacial score (nSPS) is 30.0. The highest BCUT2D eigenvalue weighted by atomic mass is 16.5. The van der Waals surface area contributed by atoms with Crippen LogP contribution in [0.2, 0.25) is 0 Å². The molecule has 0 spiro atoms. The average Bonchev–Trinajstić information content (AvgIpc) is 3.01. The van der Waals surface area contributed by atoms with Crippen LogP contribution < -0.4 is 0 Å². The Morgan fingerprint density at radius 1 is 1.19 bits per heavy atom. The molecule has 1 saturated heterocycles. The van der Waals surface area contributed by atoms with Crippen LogP contribution in [0.15, 0.2) is 12.2 Å². The Kier molecular flexibility index (Phi) is 9.39.